The highest BCUT2D eigenvalue weighted by Crippen LogP contribution is 2.21. The highest BCUT2D eigenvalue weighted by atomic mass is 32.2. The summed E-state index contributed by atoms with van der Waals surface area (Å²) in [4.78, 5) is 25.1. The molecule has 2 rings (SSSR count). The molecular formula is C21H28N2O5S. The van der Waals surface area contributed by atoms with Crippen LogP contribution in [0.15, 0.2) is 29.2 Å². The quantitative estimate of drug-likeness (QED) is 0.522. The van der Waals surface area contributed by atoms with Gasteiger partial charge < -0.3 is 9.30 Å². The summed E-state index contributed by atoms with van der Waals surface area (Å²) in [6.45, 7) is 11.0. The summed E-state index contributed by atoms with van der Waals surface area (Å²) in [5, 5.41) is 0. The van der Waals surface area contributed by atoms with Gasteiger partial charge in [-0.2, -0.15) is 0 Å². The van der Waals surface area contributed by atoms with Gasteiger partial charge in [0.1, 0.15) is 0 Å². The zero-order valence-electron chi connectivity index (χ0n) is 17.7. The predicted molar refractivity (Wildman–Crippen MR) is 111 cm³/mol. The molecule has 0 radical (unpaired) electrons. The second-order valence-corrected chi connectivity index (χ2v) is 8.99. The molecule has 158 valence electrons. The van der Waals surface area contributed by atoms with Crippen LogP contribution < -0.4 is 4.72 Å². The highest BCUT2D eigenvalue weighted by molar-refractivity contribution is 7.89. The average Bonchev–Trinajstić information content (AvgIpc) is 2.94. The number of hydrogen-bond donors (Lipinski definition) is 1. The van der Waals surface area contributed by atoms with E-state index in [0.29, 0.717) is 11.1 Å². The third-order valence-electron chi connectivity index (χ3n) is 4.71. The van der Waals surface area contributed by atoms with Crippen LogP contribution in [0.1, 0.15) is 64.5 Å². The molecular weight excluding hydrogens is 392 g/mol. The first-order chi connectivity index (χ1) is 13.5. The van der Waals surface area contributed by atoms with Crippen molar-refractivity contribution >= 4 is 21.8 Å². The first-order valence-electron chi connectivity index (χ1n) is 9.48. The van der Waals surface area contributed by atoms with E-state index in [0.717, 1.165) is 11.4 Å². The normalized spacial score (nSPS) is 11.7. The number of aryl methyl sites for hydroxylation is 2. The molecule has 1 aromatic carbocycles. The third kappa shape index (κ3) is 4.94. The van der Waals surface area contributed by atoms with Crippen LogP contribution in [0.2, 0.25) is 0 Å². The number of benzene rings is 1. The summed E-state index contributed by atoms with van der Waals surface area (Å²) in [6.07, 6.45) is 0. The molecule has 0 unspecified atom stereocenters. The second kappa shape index (κ2) is 8.92. The van der Waals surface area contributed by atoms with Gasteiger partial charge in [-0.25, -0.2) is 17.9 Å². The summed E-state index contributed by atoms with van der Waals surface area (Å²) >= 11 is 0. The number of Topliss-reactive ketones (excluding diaryl/α,β-unsaturated/α-hetero) is 1. The van der Waals surface area contributed by atoms with Crippen LogP contribution in [0, 0.1) is 20.8 Å². The number of sulfonamides is 1. The number of aromatic nitrogens is 1. The van der Waals surface area contributed by atoms with Crippen molar-refractivity contribution in [3.63, 3.8) is 0 Å². The van der Waals surface area contributed by atoms with E-state index < -0.39 is 22.6 Å². The van der Waals surface area contributed by atoms with Gasteiger partial charge in [0.2, 0.25) is 15.8 Å². The number of ether oxygens (including phenoxy) is 1. The minimum Gasteiger partial charge on any atom is -0.454 e. The number of esters is 1. The maximum absolute atomic E-state index is 12.6. The lowest BCUT2D eigenvalue weighted by Crippen LogP contribution is -2.23. The fourth-order valence-electron chi connectivity index (χ4n) is 3.40. The van der Waals surface area contributed by atoms with Gasteiger partial charge in [-0.3, -0.25) is 4.79 Å². The van der Waals surface area contributed by atoms with Gasteiger partial charge in [0, 0.05) is 29.5 Å². The van der Waals surface area contributed by atoms with Crippen molar-refractivity contribution in [3.8, 4) is 0 Å². The van der Waals surface area contributed by atoms with Gasteiger partial charge in [0.25, 0.3) is 0 Å². The molecule has 0 aliphatic rings. The zero-order valence-corrected chi connectivity index (χ0v) is 18.5. The minimum absolute atomic E-state index is 0.0243. The average molecular weight is 421 g/mol. The van der Waals surface area contributed by atoms with E-state index in [1.54, 1.807) is 26.0 Å². The van der Waals surface area contributed by atoms with Crippen molar-refractivity contribution in [2.45, 2.75) is 52.5 Å². The van der Waals surface area contributed by atoms with Crippen molar-refractivity contribution in [2.75, 3.05) is 13.2 Å². The maximum atomic E-state index is 12.6. The fourth-order valence-corrected chi connectivity index (χ4v) is 4.47. The Morgan fingerprint density at radius 3 is 2.31 bits per heavy atom. The predicted octanol–water partition coefficient (Wildman–Crippen LogP) is 3.33. The Morgan fingerprint density at radius 2 is 1.76 bits per heavy atom. The smallest absolute Gasteiger partial charge is 0.338 e. The Kier molecular flexibility index (Phi) is 7.02. The molecule has 1 aromatic heterocycles. The van der Waals surface area contributed by atoms with Gasteiger partial charge in [-0.15, -0.1) is 0 Å². The van der Waals surface area contributed by atoms with Crippen LogP contribution in [0.3, 0.4) is 0 Å². The van der Waals surface area contributed by atoms with Crippen molar-refractivity contribution in [1.82, 2.24) is 9.29 Å². The lowest BCUT2D eigenvalue weighted by Gasteiger charge is -2.13. The second-order valence-electron chi connectivity index (χ2n) is 7.23. The Morgan fingerprint density at radius 1 is 1.10 bits per heavy atom. The molecule has 8 heteroatoms. The summed E-state index contributed by atoms with van der Waals surface area (Å²) in [5.74, 6) is -1.03. The van der Waals surface area contributed by atoms with Crippen molar-refractivity contribution < 1.29 is 22.7 Å². The molecule has 0 bridgehead atoms. The Hall–Kier alpha value is -2.45. The maximum Gasteiger partial charge on any atom is 0.338 e. The molecule has 1 heterocycles. The number of nitrogens with zero attached hydrogens (tertiary/aromatic N) is 1. The van der Waals surface area contributed by atoms with Crippen LogP contribution in [-0.2, 0) is 14.8 Å². The summed E-state index contributed by atoms with van der Waals surface area (Å²) in [7, 11) is -3.70. The highest BCUT2D eigenvalue weighted by Gasteiger charge is 2.21. The van der Waals surface area contributed by atoms with Crippen LogP contribution in [0.5, 0.6) is 0 Å². The third-order valence-corrected chi connectivity index (χ3v) is 6.25. The molecule has 0 saturated carbocycles. The van der Waals surface area contributed by atoms with Crippen LogP contribution in [-0.4, -0.2) is 37.9 Å². The van der Waals surface area contributed by atoms with Gasteiger partial charge in [0.05, 0.1) is 10.5 Å². The molecule has 0 aliphatic heterocycles. The fraction of sp³-hybridized carbons (Fsp3) is 0.429. The number of carbonyl (C=O) groups is 2. The molecule has 7 nitrogen and oxygen atoms in total. The van der Waals surface area contributed by atoms with Crippen molar-refractivity contribution in [2.24, 2.45) is 0 Å². The molecule has 2 aromatic rings. The molecule has 0 aliphatic carbocycles. The largest absolute Gasteiger partial charge is 0.454 e. The van der Waals surface area contributed by atoms with Gasteiger partial charge in [-0.1, -0.05) is 13.0 Å². The molecule has 1 N–H and O–H groups in total. The van der Waals surface area contributed by atoms with Crippen LogP contribution >= 0.6 is 0 Å². The first-order valence-corrected chi connectivity index (χ1v) is 11.0. The lowest BCUT2D eigenvalue weighted by molar-refractivity contribution is 0.0473. The standard InChI is InChI=1S/C21H28N2O5S/c1-7-22-29(26,27)17-9-8-14(4)18(11-17)21(25)28-12-20(24)19-10-15(5)23(13(2)3)16(19)6/h8-11,13,22H,7,12H2,1-6H3. The molecule has 0 amide bonds. The summed E-state index contributed by atoms with van der Waals surface area (Å²) in [6, 6.07) is 6.24. The summed E-state index contributed by atoms with van der Waals surface area (Å²) in [5.41, 5.74) is 2.99. The van der Waals surface area contributed by atoms with E-state index in [9.17, 15) is 18.0 Å². The van der Waals surface area contributed by atoms with E-state index in [2.05, 4.69) is 4.72 Å². The zero-order chi connectivity index (χ0) is 21.9. The molecule has 0 spiro atoms. The van der Waals surface area contributed by atoms with E-state index >= 15 is 0 Å². The number of hydrogen-bond acceptors (Lipinski definition) is 5. The number of rotatable bonds is 8. The Balaban J connectivity index is 2.20. The van der Waals surface area contributed by atoms with Gasteiger partial charge in [-0.05, 0) is 58.4 Å². The van der Waals surface area contributed by atoms with Crippen molar-refractivity contribution in [1.29, 1.82) is 0 Å². The SMILES string of the molecule is CCNS(=O)(=O)c1ccc(C)c(C(=O)OCC(=O)c2cc(C)n(C(C)C)c2C)c1. The lowest BCUT2D eigenvalue weighted by atomic mass is 10.1. The van der Waals surface area contributed by atoms with Crippen molar-refractivity contribution in [3.05, 3.63) is 52.3 Å². The monoisotopic (exact) mass is 420 g/mol. The van der Waals surface area contributed by atoms with E-state index in [1.165, 1.54) is 12.1 Å². The number of carbonyl (C=O) groups excluding carboxylic acids is 2. The van der Waals surface area contributed by atoms with Crippen LogP contribution in [0.25, 0.3) is 0 Å². The topological polar surface area (TPSA) is 94.5 Å². The first kappa shape index (κ1) is 22.8. The molecule has 0 saturated heterocycles. The van der Waals surface area contributed by atoms with Crippen LogP contribution in [0.4, 0.5) is 0 Å². The van der Waals surface area contributed by atoms with E-state index in [1.807, 2.05) is 32.3 Å². The van der Waals surface area contributed by atoms with Gasteiger partial charge >= 0.3 is 5.97 Å². The minimum atomic E-state index is -3.70. The Bertz CT molecular complexity index is 1040. The summed E-state index contributed by atoms with van der Waals surface area (Å²) < 4.78 is 34.0. The Labute approximate surface area is 172 Å². The number of ketones is 1. The number of nitrogens with one attached hydrogen (secondary N) is 1. The van der Waals surface area contributed by atoms with E-state index in [4.69, 9.17) is 4.74 Å². The van der Waals surface area contributed by atoms with E-state index in [-0.39, 0.29) is 28.8 Å². The molecule has 29 heavy (non-hydrogen) atoms. The van der Waals surface area contributed by atoms with Gasteiger partial charge in [0.15, 0.2) is 6.61 Å². The molecule has 0 atom stereocenters. The molecule has 0 fully saturated rings.